The highest BCUT2D eigenvalue weighted by atomic mass is 16.6. The molecule has 0 aliphatic rings. The van der Waals surface area contributed by atoms with Gasteiger partial charge in [0.25, 0.3) is 0 Å². The number of anilines is 3. The molecule has 0 saturated carbocycles. The first-order valence-corrected chi connectivity index (χ1v) is 9.35. The number of amides is 2. The van der Waals surface area contributed by atoms with Crippen molar-refractivity contribution in [2.24, 2.45) is 0 Å². The standard InChI is InChI=1S/C21H28N4O5/c1-20(2,3)29-18(26)24-13-7-9-14(10-8-13)28-15-11-12-23-17(16(15)22)25-19(27)30-21(4,5)6/h7-12H,22H2,1-6H3,(H,24,26)(H,23,25,27). The topological polar surface area (TPSA) is 125 Å². The predicted molar refractivity (Wildman–Crippen MR) is 115 cm³/mol. The van der Waals surface area contributed by atoms with Gasteiger partial charge >= 0.3 is 12.2 Å². The molecule has 9 nitrogen and oxygen atoms in total. The molecule has 9 heteroatoms. The second-order valence-electron chi connectivity index (χ2n) is 8.45. The van der Waals surface area contributed by atoms with Gasteiger partial charge in [-0.3, -0.25) is 10.6 Å². The minimum atomic E-state index is -0.670. The van der Waals surface area contributed by atoms with E-state index in [1.165, 1.54) is 6.20 Å². The molecule has 2 aromatic rings. The first kappa shape index (κ1) is 22.8. The van der Waals surface area contributed by atoms with Crippen molar-refractivity contribution in [2.75, 3.05) is 16.4 Å². The lowest BCUT2D eigenvalue weighted by atomic mass is 10.2. The molecule has 162 valence electrons. The second-order valence-corrected chi connectivity index (χ2v) is 8.45. The molecule has 0 radical (unpaired) electrons. The first-order chi connectivity index (χ1) is 13.8. The van der Waals surface area contributed by atoms with Gasteiger partial charge in [-0.25, -0.2) is 14.6 Å². The zero-order chi connectivity index (χ0) is 22.5. The molecule has 2 amide bonds. The molecule has 0 bridgehead atoms. The van der Waals surface area contributed by atoms with Crippen molar-refractivity contribution in [3.05, 3.63) is 36.5 Å². The number of benzene rings is 1. The molecule has 30 heavy (non-hydrogen) atoms. The second kappa shape index (κ2) is 8.89. The van der Waals surface area contributed by atoms with Crippen molar-refractivity contribution < 1.29 is 23.8 Å². The SMILES string of the molecule is CC(C)(C)OC(=O)Nc1ccc(Oc2ccnc(NC(=O)OC(C)(C)C)c2N)cc1. The van der Waals surface area contributed by atoms with E-state index in [0.717, 1.165) is 0 Å². The van der Waals surface area contributed by atoms with Crippen molar-refractivity contribution in [3.8, 4) is 11.5 Å². The smallest absolute Gasteiger partial charge is 0.413 e. The number of nitrogens with two attached hydrogens (primary N) is 1. The van der Waals surface area contributed by atoms with Gasteiger partial charge in [0, 0.05) is 18.0 Å². The molecule has 0 saturated heterocycles. The molecule has 1 heterocycles. The fourth-order valence-electron chi connectivity index (χ4n) is 2.20. The molecule has 0 fully saturated rings. The van der Waals surface area contributed by atoms with Crippen molar-refractivity contribution in [2.45, 2.75) is 52.7 Å². The van der Waals surface area contributed by atoms with Crippen LogP contribution in [0.3, 0.4) is 0 Å². The van der Waals surface area contributed by atoms with E-state index in [-0.39, 0.29) is 11.5 Å². The van der Waals surface area contributed by atoms with Crippen LogP contribution in [0.25, 0.3) is 0 Å². The summed E-state index contributed by atoms with van der Waals surface area (Å²) in [6.07, 6.45) is 0.237. The van der Waals surface area contributed by atoms with Gasteiger partial charge in [0.05, 0.1) is 0 Å². The van der Waals surface area contributed by atoms with Gasteiger partial charge in [-0.15, -0.1) is 0 Å². The van der Waals surface area contributed by atoms with Gasteiger partial charge in [0.15, 0.2) is 11.6 Å². The number of ether oxygens (including phenoxy) is 3. The van der Waals surface area contributed by atoms with E-state index in [0.29, 0.717) is 17.2 Å². The summed E-state index contributed by atoms with van der Waals surface area (Å²) in [6.45, 7) is 10.6. The Kier molecular flexibility index (Phi) is 6.76. The lowest BCUT2D eigenvalue weighted by molar-refractivity contribution is 0.0624. The number of aromatic nitrogens is 1. The summed E-state index contributed by atoms with van der Waals surface area (Å²) in [5, 5.41) is 5.14. The quantitative estimate of drug-likeness (QED) is 0.629. The summed E-state index contributed by atoms with van der Waals surface area (Å²) in [5.41, 5.74) is 5.53. The van der Waals surface area contributed by atoms with E-state index in [4.69, 9.17) is 19.9 Å². The Hall–Kier alpha value is -3.49. The minimum Gasteiger partial charge on any atom is -0.455 e. The Balaban J connectivity index is 2.04. The number of rotatable bonds is 4. The summed E-state index contributed by atoms with van der Waals surface area (Å²) < 4.78 is 16.2. The average Bonchev–Trinajstić information content (AvgIpc) is 2.57. The normalized spacial score (nSPS) is 11.4. The molecule has 1 aromatic carbocycles. The number of carbonyl (C=O) groups excluding carboxylic acids is 2. The van der Waals surface area contributed by atoms with Gasteiger partial charge < -0.3 is 19.9 Å². The Labute approximate surface area is 175 Å². The van der Waals surface area contributed by atoms with Crippen LogP contribution in [0.4, 0.5) is 26.8 Å². The molecular formula is C21H28N4O5. The minimum absolute atomic E-state index is 0.130. The number of pyridine rings is 1. The molecule has 0 aliphatic carbocycles. The van der Waals surface area contributed by atoms with E-state index in [1.807, 2.05) is 0 Å². The number of nitrogens with zero attached hydrogens (tertiary/aromatic N) is 1. The third-order valence-electron chi connectivity index (χ3n) is 3.30. The maximum absolute atomic E-state index is 11.9. The van der Waals surface area contributed by atoms with Crippen LogP contribution < -0.4 is 21.1 Å². The van der Waals surface area contributed by atoms with Crippen LogP contribution >= 0.6 is 0 Å². The largest absolute Gasteiger partial charge is 0.455 e. The van der Waals surface area contributed by atoms with Crippen molar-refractivity contribution in [3.63, 3.8) is 0 Å². The fourth-order valence-corrected chi connectivity index (χ4v) is 2.20. The summed E-state index contributed by atoms with van der Waals surface area (Å²) in [4.78, 5) is 27.8. The number of nitrogen functional groups attached to an aromatic ring is 1. The lowest BCUT2D eigenvalue weighted by Gasteiger charge is -2.20. The Morgan fingerprint density at radius 1 is 0.867 bits per heavy atom. The summed E-state index contributed by atoms with van der Waals surface area (Å²) in [6, 6.07) is 8.22. The maximum atomic E-state index is 11.9. The van der Waals surface area contributed by atoms with Gasteiger partial charge in [-0.05, 0) is 65.8 Å². The molecule has 0 unspecified atom stereocenters. The molecule has 2 rings (SSSR count). The van der Waals surface area contributed by atoms with E-state index in [9.17, 15) is 9.59 Å². The van der Waals surface area contributed by atoms with Crippen LogP contribution in [0, 0.1) is 0 Å². The van der Waals surface area contributed by atoms with Gasteiger partial charge in [0.1, 0.15) is 22.6 Å². The third kappa shape index (κ3) is 7.50. The fraction of sp³-hybridized carbons (Fsp3) is 0.381. The number of nitrogens with one attached hydrogen (secondary N) is 2. The van der Waals surface area contributed by atoms with Gasteiger partial charge in [0.2, 0.25) is 0 Å². The predicted octanol–water partition coefficient (Wildman–Crippen LogP) is 5.15. The first-order valence-electron chi connectivity index (χ1n) is 9.35. The van der Waals surface area contributed by atoms with Crippen LogP contribution in [0.1, 0.15) is 41.5 Å². The summed E-state index contributed by atoms with van der Waals surface area (Å²) >= 11 is 0. The number of hydrogen-bond acceptors (Lipinski definition) is 7. The Bertz CT molecular complexity index is 899. The van der Waals surface area contributed by atoms with Gasteiger partial charge in [-0.2, -0.15) is 0 Å². The molecule has 4 N–H and O–H groups in total. The monoisotopic (exact) mass is 416 g/mol. The van der Waals surface area contributed by atoms with Crippen molar-refractivity contribution in [1.29, 1.82) is 0 Å². The molecule has 0 atom stereocenters. The van der Waals surface area contributed by atoms with E-state index >= 15 is 0 Å². The van der Waals surface area contributed by atoms with E-state index in [2.05, 4.69) is 15.6 Å². The van der Waals surface area contributed by atoms with E-state index < -0.39 is 23.4 Å². The third-order valence-corrected chi connectivity index (χ3v) is 3.30. The zero-order valence-corrected chi connectivity index (χ0v) is 18.0. The zero-order valence-electron chi connectivity index (χ0n) is 18.0. The Morgan fingerprint density at radius 2 is 1.40 bits per heavy atom. The van der Waals surface area contributed by atoms with E-state index in [1.54, 1.807) is 71.9 Å². The maximum Gasteiger partial charge on any atom is 0.413 e. The summed E-state index contributed by atoms with van der Waals surface area (Å²) in [7, 11) is 0. The highest BCUT2D eigenvalue weighted by Crippen LogP contribution is 2.32. The van der Waals surface area contributed by atoms with Gasteiger partial charge in [-0.1, -0.05) is 0 Å². The van der Waals surface area contributed by atoms with Crippen molar-refractivity contribution >= 4 is 29.4 Å². The number of hydrogen-bond donors (Lipinski definition) is 3. The van der Waals surface area contributed by atoms with Crippen LogP contribution in [0.2, 0.25) is 0 Å². The highest BCUT2D eigenvalue weighted by molar-refractivity contribution is 5.88. The number of carbonyl (C=O) groups is 2. The average molecular weight is 416 g/mol. The van der Waals surface area contributed by atoms with Crippen LogP contribution in [-0.4, -0.2) is 28.4 Å². The molecule has 1 aromatic heterocycles. The summed E-state index contributed by atoms with van der Waals surface area (Å²) in [5.74, 6) is 0.916. The molecule has 0 aliphatic heterocycles. The van der Waals surface area contributed by atoms with Crippen LogP contribution in [0.15, 0.2) is 36.5 Å². The highest BCUT2D eigenvalue weighted by Gasteiger charge is 2.19. The van der Waals surface area contributed by atoms with Crippen LogP contribution in [0.5, 0.6) is 11.5 Å². The van der Waals surface area contributed by atoms with Crippen LogP contribution in [-0.2, 0) is 9.47 Å². The molecule has 0 spiro atoms. The molecular weight excluding hydrogens is 388 g/mol. The lowest BCUT2D eigenvalue weighted by Crippen LogP contribution is -2.27. The van der Waals surface area contributed by atoms with Crippen molar-refractivity contribution in [1.82, 2.24) is 4.98 Å². The Morgan fingerprint density at radius 3 is 1.93 bits per heavy atom.